The van der Waals surface area contributed by atoms with Gasteiger partial charge in [-0.2, -0.15) is 0 Å². The molecule has 1 aliphatic heterocycles. The fourth-order valence-electron chi connectivity index (χ4n) is 2.52. The maximum atomic E-state index is 9.40. The lowest BCUT2D eigenvalue weighted by atomic mass is 10.1. The lowest BCUT2D eigenvalue weighted by Gasteiger charge is -2.36. The smallest absolute Gasteiger partial charge is 0.0717 e. The summed E-state index contributed by atoms with van der Waals surface area (Å²) in [5.74, 6) is 0. The molecule has 0 spiro atoms. The summed E-state index contributed by atoms with van der Waals surface area (Å²) in [6.07, 6.45) is 3.01. The zero-order valence-corrected chi connectivity index (χ0v) is 11.4. The summed E-state index contributed by atoms with van der Waals surface area (Å²) in [4.78, 5) is 9.12. The second-order valence-corrected chi connectivity index (χ2v) is 4.94. The van der Waals surface area contributed by atoms with Gasteiger partial charge in [-0.3, -0.25) is 9.88 Å². The van der Waals surface area contributed by atoms with Crippen LogP contribution in [0.4, 0.5) is 5.69 Å². The topological polar surface area (TPSA) is 39.6 Å². The third-order valence-corrected chi connectivity index (χ3v) is 3.52. The fraction of sp³-hybridized carbons (Fsp3) is 0.643. The molecule has 0 unspecified atom stereocenters. The second kappa shape index (κ2) is 6.16. The van der Waals surface area contributed by atoms with Crippen LogP contribution in [0.25, 0.3) is 0 Å². The van der Waals surface area contributed by atoms with E-state index in [4.69, 9.17) is 0 Å². The Hall–Kier alpha value is -1.13. The van der Waals surface area contributed by atoms with Gasteiger partial charge in [-0.05, 0) is 26.0 Å². The number of aryl methyl sites for hydroxylation is 1. The van der Waals surface area contributed by atoms with Gasteiger partial charge in [0.2, 0.25) is 0 Å². The van der Waals surface area contributed by atoms with Crippen molar-refractivity contribution in [3.8, 4) is 0 Å². The molecule has 18 heavy (non-hydrogen) atoms. The molecule has 4 heteroatoms. The van der Waals surface area contributed by atoms with Crippen LogP contribution in [-0.4, -0.2) is 47.7 Å². The first-order chi connectivity index (χ1) is 8.74. The van der Waals surface area contributed by atoms with E-state index in [0.29, 0.717) is 0 Å². The Morgan fingerprint density at radius 3 is 2.61 bits per heavy atom. The number of hydrogen-bond donors (Lipinski definition) is 1. The molecule has 0 aliphatic carbocycles. The molecule has 1 N–H and O–H groups in total. The SMILES string of the molecule is CCCN1CCN(c2cc(C)ncc2CO)CC1. The molecule has 1 aliphatic rings. The van der Waals surface area contributed by atoms with Crippen molar-refractivity contribution in [2.24, 2.45) is 0 Å². The van der Waals surface area contributed by atoms with Gasteiger partial charge in [0.1, 0.15) is 0 Å². The quantitative estimate of drug-likeness (QED) is 0.876. The molecule has 1 aromatic rings. The van der Waals surface area contributed by atoms with Gasteiger partial charge in [0.15, 0.2) is 0 Å². The van der Waals surface area contributed by atoms with Gasteiger partial charge >= 0.3 is 0 Å². The molecule has 1 aromatic heterocycles. The predicted molar refractivity (Wildman–Crippen MR) is 73.8 cm³/mol. The van der Waals surface area contributed by atoms with Gasteiger partial charge in [-0.25, -0.2) is 0 Å². The number of anilines is 1. The lowest BCUT2D eigenvalue weighted by Crippen LogP contribution is -2.46. The van der Waals surface area contributed by atoms with Crippen LogP contribution in [0.3, 0.4) is 0 Å². The van der Waals surface area contributed by atoms with Crippen LogP contribution in [0.15, 0.2) is 12.3 Å². The summed E-state index contributed by atoms with van der Waals surface area (Å²) >= 11 is 0. The van der Waals surface area contributed by atoms with Crippen molar-refractivity contribution in [2.45, 2.75) is 26.9 Å². The first-order valence-corrected chi connectivity index (χ1v) is 6.78. The van der Waals surface area contributed by atoms with E-state index in [0.717, 1.165) is 43.1 Å². The highest BCUT2D eigenvalue weighted by atomic mass is 16.3. The zero-order chi connectivity index (χ0) is 13.0. The lowest BCUT2D eigenvalue weighted by molar-refractivity contribution is 0.256. The minimum Gasteiger partial charge on any atom is -0.392 e. The molecule has 100 valence electrons. The van der Waals surface area contributed by atoms with Gasteiger partial charge in [0, 0.05) is 49.3 Å². The Bertz CT molecular complexity index is 387. The van der Waals surface area contributed by atoms with Crippen molar-refractivity contribution in [3.05, 3.63) is 23.5 Å². The summed E-state index contributed by atoms with van der Waals surface area (Å²) < 4.78 is 0. The fourth-order valence-corrected chi connectivity index (χ4v) is 2.52. The highest BCUT2D eigenvalue weighted by Gasteiger charge is 2.18. The minimum atomic E-state index is 0.0672. The van der Waals surface area contributed by atoms with E-state index in [1.807, 2.05) is 6.92 Å². The molecule has 0 bridgehead atoms. The predicted octanol–water partition coefficient (Wildman–Crippen LogP) is 1.41. The number of rotatable bonds is 4. The molecule has 0 amide bonds. The molecular weight excluding hydrogens is 226 g/mol. The Morgan fingerprint density at radius 1 is 1.28 bits per heavy atom. The number of aliphatic hydroxyl groups is 1. The van der Waals surface area contributed by atoms with E-state index in [-0.39, 0.29) is 6.61 Å². The number of aliphatic hydroxyl groups excluding tert-OH is 1. The highest BCUT2D eigenvalue weighted by molar-refractivity contribution is 5.53. The number of pyridine rings is 1. The van der Waals surface area contributed by atoms with Crippen LogP contribution < -0.4 is 4.90 Å². The van der Waals surface area contributed by atoms with E-state index < -0.39 is 0 Å². The van der Waals surface area contributed by atoms with Gasteiger partial charge in [-0.15, -0.1) is 0 Å². The van der Waals surface area contributed by atoms with E-state index in [2.05, 4.69) is 27.8 Å². The monoisotopic (exact) mass is 249 g/mol. The van der Waals surface area contributed by atoms with Crippen molar-refractivity contribution in [3.63, 3.8) is 0 Å². The number of hydrogen-bond acceptors (Lipinski definition) is 4. The van der Waals surface area contributed by atoms with Crippen molar-refractivity contribution in [2.75, 3.05) is 37.6 Å². The largest absolute Gasteiger partial charge is 0.392 e. The van der Waals surface area contributed by atoms with E-state index in [1.54, 1.807) is 6.20 Å². The first-order valence-electron chi connectivity index (χ1n) is 6.78. The standard InChI is InChI=1S/C14H23N3O/c1-3-4-16-5-7-17(8-6-16)14-9-12(2)15-10-13(14)11-18/h9-10,18H,3-8,11H2,1-2H3. The molecule has 4 nitrogen and oxygen atoms in total. The molecule has 2 rings (SSSR count). The summed E-state index contributed by atoms with van der Waals surface area (Å²) in [6.45, 7) is 9.78. The van der Waals surface area contributed by atoms with Crippen LogP contribution >= 0.6 is 0 Å². The summed E-state index contributed by atoms with van der Waals surface area (Å²) in [6, 6.07) is 2.08. The number of nitrogens with zero attached hydrogens (tertiary/aromatic N) is 3. The summed E-state index contributed by atoms with van der Waals surface area (Å²) in [7, 11) is 0. The van der Waals surface area contributed by atoms with Gasteiger partial charge < -0.3 is 10.0 Å². The Morgan fingerprint density at radius 2 is 2.00 bits per heavy atom. The first kappa shape index (κ1) is 13.3. The van der Waals surface area contributed by atoms with Crippen LogP contribution in [-0.2, 0) is 6.61 Å². The summed E-state index contributed by atoms with van der Waals surface area (Å²) in [5, 5.41) is 9.40. The average Bonchev–Trinajstić information content (AvgIpc) is 2.40. The van der Waals surface area contributed by atoms with Crippen molar-refractivity contribution < 1.29 is 5.11 Å². The maximum absolute atomic E-state index is 9.40. The van der Waals surface area contributed by atoms with Crippen LogP contribution in [0.1, 0.15) is 24.6 Å². The molecule has 1 saturated heterocycles. The number of aromatic nitrogens is 1. The number of piperazine rings is 1. The minimum absolute atomic E-state index is 0.0672. The van der Waals surface area contributed by atoms with E-state index >= 15 is 0 Å². The van der Waals surface area contributed by atoms with E-state index in [9.17, 15) is 5.11 Å². The maximum Gasteiger partial charge on any atom is 0.0717 e. The van der Waals surface area contributed by atoms with Gasteiger partial charge in [-0.1, -0.05) is 6.92 Å². The molecule has 2 heterocycles. The third-order valence-electron chi connectivity index (χ3n) is 3.52. The Kier molecular flexibility index (Phi) is 4.55. The van der Waals surface area contributed by atoms with Crippen molar-refractivity contribution in [1.82, 2.24) is 9.88 Å². The molecule has 0 atom stereocenters. The van der Waals surface area contributed by atoms with Crippen molar-refractivity contribution >= 4 is 5.69 Å². The van der Waals surface area contributed by atoms with Crippen LogP contribution in [0.2, 0.25) is 0 Å². The Labute approximate surface area is 109 Å². The van der Waals surface area contributed by atoms with Gasteiger partial charge in [0.25, 0.3) is 0 Å². The zero-order valence-electron chi connectivity index (χ0n) is 11.4. The van der Waals surface area contributed by atoms with Crippen LogP contribution in [0.5, 0.6) is 0 Å². The average molecular weight is 249 g/mol. The van der Waals surface area contributed by atoms with Gasteiger partial charge in [0.05, 0.1) is 6.61 Å². The molecule has 0 aromatic carbocycles. The second-order valence-electron chi connectivity index (χ2n) is 4.94. The normalized spacial score (nSPS) is 17.2. The highest BCUT2D eigenvalue weighted by Crippen LogP contribution is 2.22. The molecule has 0 saturated carbocycles. The molecule has 0 radical (unpaired) electrons. The van der Waals surface area contributed by atoms with Crippen LogP contribution in [0, 0.1) is 6.92 Å². The summed E-state index contributed by atoms with van der Waals surface area (Å²) in [5.41, 5.74) is 3.10. The molecule has 1 fully saturated rings. The Balaban J connectivity index is 2.06. The van der Waals surface area contributed by atoms with Crippen molar-refractivity contribution in [1.29, 1.82) is 0 Å². The van der Waals surface area contributed by atoms with E-state index in [1.165, 1.54) is 13.0 Å². The molecular formula is C14H23N3O. The third kappa shape index (κ3) is 3.00.